The number of nitrogen functional groups attached to an aromatic ring is 1. The molecule has 0 radical (unpaired) electrons. The Morgan fingerprint density at radius 3 is 2.81 bits per heavy atom. The summed E-state index contributed by atoms with van der Waals surface area (Å²) in [6, 6.07) is 10.5. The average Bonchev–Trinajstić information content (AvgIpc) is 2.42. The monoisotopic (exact) mass is 302 g/mol. The Hall–Kier alpha value is -1.75. The van der Waals surface area contributed by atoms with E-state index in [-0.39, 0.29) is 0 Å². The van der Waals surface area contributed by atoms with Crippen LogP contribution in [-0.2, 0) is 5.75 Å². The summed E-state index contributed by atoms with van der Waals surface area (Å²) in [7, 11) is 0. The van der Waals surface area contributed by atoms with E-state index in [1.807, 2.05) is 18.7 Å². The van der Waals surface area contributed by atoms with Gasteiger partial charge in [0.1, 0.15) is 17.5 Å². The smallest absolute Gasteiger partial charge is 0.131 e. The molecule has 0 fully saturated rings. The number of hydrogen-bond donors (Lipinski definition) is 2. The van der Waals surface area contributed by atoms with Crippen LogP contribution in [0.4, 0.5) is 11.6 Å². The van der Waals surface area contributed by atoms with Crippen LogP contribution in [0.5, 0.6) is 0 Å². The molecule has 1 heterocycles. The summed E-state index contributed by atoms with van der Waals surface area (Å²) in [5.41, 5.74) is 8.41. The maximum atomic E-state index is 5.69. The number of benzene rings is 1. The number of nitrogens with two attached hydrogens (primary N) is 1. The molecule has 0 unspecified atom stereocenters. The van der Waals surface area contributed by atoms with E-state index >= 15 is 0 Å². The minimum absolute atomic E-state index is 0.513. The van der Waals surface area contributed by atoms with Crippen molar-refractivity contribution in [3.8, 4) is 0 Å². The molecule has 0 aliphatic rings. The van der Waals surface area contributed by atoms with Crippen molar-refractivity contribution in [2.24, 2.45) is 0 Å². The van der Waals surface area contributed by atoms with Gasteiger partial charge in [0.25, 0.3) is 0 Å². The fourth-order valence-corrected chi connectivity index (χ4v) is 2.97. The van der Waals surface area contributed by atoms with Crippen LogP contribution in [-0.4, -0.2) is 22.3 Å². The minimum atomic E-state index is 0.513. The molecule has 2 rings (SSSR count). The third-order valence-corrected chi connectivity index (χ3v) is 4.10. The van der Waals surface area contributed by atoms with Gasteiger partial charge in [0.15, 0.2) is 0 Å². The van der Waals surface area contributed by atoms with Gasteiger partial charge in [0.05, 0.1) is 0 Å². The number of thioether (sulfide) groups is 1. The zero-order chi connectivity index (χ0) is 15.1. The number of rotatable bonds is 7. The molecule has 0 spiro atoms. The van der Waals surface area contributed by atoms with Gasteiger partial charge >= 0.3 is 0 Å². The van der Waals surface area contributed by atoms with Crippen molar-refractivity contribution < 1.29 is 0 Å². The first-order chi connectivity index (χ1) is 10.1. The molecule has 1 aromatic carbocycles. The molecule has 0 saturated carbocycles. The quantitative estimate of drug-likeness (QED) is 0.767. The number of aromatic nitrogens is 2. The third kappa shape index (κ3) is 5.63. The van der Waals surface area contributed by atoms with Gasteiger partial charge in [0, 0.05) is 18.4 Å². The van der Waals surface area contributed by atoms with E-state index in [0.717, 1.165) is 30.3 Å². The summed E-state index contributed by atoms with van der Waals surface area (Å²) in [5, 5.41) is 3.29. The van der Waals surface area contributed by atoms with Crippen LogP contribution in [0, 0.1) is 13.8 Å². The Morgan fingerprint density at radius 1 is 1.19 bits per heavy atom. The number of hydrogen-bond acceptors (Lipinski definition) is 5. The Morgan fingerprint density at radius 2 is 2.05 bits per heavy atom. The summed E-state index contributed by atoms with van der Waals surface area (Å²) in [5.74, 6) is 4.22. The number of aryl methyl sites for hydroxylation is 2. The standard InChI is InChI=1S/C16H22N4S/c1-12-5-3-6-14(9-12)11-21-8-4-7-18-16-10-15(17)19-13(2)20-16/h3,5-6,9-10H,4,7-8,11H2,1-2H3,(H3,17,18,19,20). The topological polar surface area (TPSA) is 63.8 Å². The fourth-order valence-electron chi connectivity index (χ4n) is 2.06. The Labute approximate surface area is 130 Å². The van der Waals surface area contributed by atoms with Crippen molar-refractivity contribution in [2.45, 2.75) is 26.0 Å². The van der Waals surface area contributed by atoms with Crippen molar-refractivity contribution in [1.29, 1.82) is 0 Å². The number of nitrogens with zero attached hydrogens (tertiary/aromatic N) is 2. The van der Waals surface area contributed by atoms with Gasteiger partial charge in [0.2, 0.25) is 0 Å². The van der Waals surface area contributed by atoms with Crippen molar-refractivity contribution in [2.75, 3.05) is 23.3 Å². The second-order valence-corrected chi connectivity index (χ2v) is 6.15. The largest absolute Gasteiger partial charge is 0.384 e. The van der Waals surface area contributed by atoms with Gasteiger partial charge in [-0.05, 0) is 31.6 Å². The van der Waals surface area contributed by atoms with Gasteiger partial charge in [-0.15, -0.1) is 0 Å². The maximum absolute atomic E-state index is 5.69. The molecule has 0 amide bonds. The summed E-state index contributed by atoms with van der Waals surface area (Å²) >= 11 is 1.96. The lowest BCUT2D eigenvalue weighted by Crippen LogP contribution is -2.07. The van der Waals surface area contributed by atoms with Gasteiger partial charge in [-0.2, -0.15) is 11.8 Å². The van der Waals surface area contributed by atoms with Crippen LogP contribution < -0.4 is 11.1 Å². The number of anilines is 2. The van der Waals surface area contributed by atoms with E-state index in [9.17, 15) is 0 Å². The normalized spacial score (nSPS) is 10.6. The highest BCUT2D eigenvalue weighted by atomic mass is 32.2. The maximum Gasteiger partial charge on any atom is 0.131 e. The first kappa shape index (κ1) is 15.6. The predicted molar refractivity (Wildman–Crippen MR) is 91.6 cm³/mol. The molecule has 4 nitrogen and oxygen atoms in total. The summed E-state index contributed by atoms with van der Waals surface area (Å²) in [6.45, 7) is 4.88. The molecule has 0 atom stereocenters. The molecule has 0 bridgehead atoms. The lowest BCUT2D eigenvalue weighted by Gasteiger charge is -2.07. The Bertz CT molecular complexity index is 566. The van der Waals surface area contributed by atoms with Crippen LogP contribution >= 0.6 is 11.8 Å². The molecule has 21 heavy (non-hydrogen) atoms. The first-order valence-corrected chi connectivity index (χ1v) is 8.27. The van der Waals surface area contributed by atoms with Crippen LogP contribution in [0.2, 0.25) is 0 Å². The molecule has 0 aliphatic carbocycles. The van der Waals surface area contributed by atoms with Crippen LogP contribution in [0.25, 0.3) is 0 Å². The van der Waals surface area contributed by atoms with E-state index in [0.29, 0.717) is 11.6 Å². The van der Waals surface area contributed by atoms with Gasteiger partial charge in [-0.3, -0.25) is 0 Å². The van der Waals surface area contributed by atoms with E-state index in [1.165, 1.54) is 11.1 Å². The van der Waals surface area contributed by atoms with Crippen LogP contribution in [0.3, 0.4) is 0 Å². The number of nitrogens with one attached hydrogen (secondary N) is 1. The molecule has 3 N–H and O–H groups in total. The second-order valence-electron chi connectivity index (χ2n) is 5.05. The van der Waals surface area contributed by atoms with E-state index in [1.54, 1.807) is 6.07 Å². The predicted octanol–water partition coefficient (Wildman–Crippen LogP) is 3.41. The Balaban J connectivity index is 1.64. The van der Waals surface area contributed by atoms with Crippen molar-refractivity contribution in [1.82, 2.24) is 9.97 Å². The van der Waals surface area contributed by atoms with E-state index < -0.39 is 0 Å². The Kier molecular flexibility index (Phi) is 5.87. The van der Waals surface area contributed by atoms with Crippen LogP contribution in [0.1, 0.15) is 23.4 Å². The van der Waals surface area contributed by atoms with Gasteiger partial charge in [-0.25, -0.2) is 9.97 Å². The summed E-state index contributed by atoms with van der Waals surface area (Å²) in [4.78, 5) is 8.36. The molecular weight excluding hydrogens is 280 g/mol. The molecule has 0 saturated heterocycles. The van der Waals surface area contributed by atoms with Crippen molar-refractivity contribution >= 4 is 23.4 Å². The zero-order valence-electron chi connectivity index (χ0n) is 12.6. The van der Waals surface area contributed by atoms with Gasteiger partial charge < -0.3 is 11.1 Å². The molecule has 5 heteroatoms. The third-order valence-electron chi connectivity index (χ3n) is 2.98. The zero-order valence-corrected chi connectivity index (χ0v) is 13.4. The minimum Gasteiger partial charge on any atom is -0.384 e. The highest BCUT2D eigenvalue weighted by Gasteiger charge is 1.99. The molecule has 2 aromatic rings. The van der Waals surface area contributed by atoms with E-state index in [2.05, 4.69) is 46.5 Å². The lowest BCUT2D eigenvalue weighted by atomic mass is 10.2. The molecule has 0 aliphatic heterocycles. The van der Waals surface area contributed by atoms with Gasteiger partial charge in [-0.1, -0.05) is 29.8 Å². The van der Waals surface area contributed by atoms with E-state index in [4.69, 9.17) is 5.73 Å². The van der Waals surface area contributed by atoms with Crippen molar-refractivity contribution in [3.05, 3.63) is 47.3 Å². The lowest BCUT2D eigenvalue weighted by molar-refractivity contribution is 0.964. The summed E-state index contributed by atoms with van der Waals surface area (Å²) in [6.07, 6.45) is 1.10. The molecule has 112 valence electrons. The fraction of sp³-hybridized carbons (Fsp3) is 0.375. The van der Waals surface area contributed by atoms with Crippen LogP contribution in [0.15, 0.2) is 30.3 Å². The highest BCUT2D eigenvalue weighted by molar-refractivity contribution is 7.98. The summed E-state index contributed by atoms with van der Waals surface area (Å²) < 4.78 is 0. The molecular formula is C16H22N4S. The second kappa shape index (κ2) is 7.88. The average molecular weight is 302 g/mol. The molecule has 1 aromatic heterocycles. The van der Waals surface area contributed by atoms with Crippen molar-refractivity contribution in [3.63, 3.8) is 0 Å². The SMILES string of the molecule is Cc1cccc(CSCCCNc2cc(N)nc(C)n2)c1. The first-order valence-electron chi connectivity index (χ1n) is 7.12. The highest BCUT2D eigenvalue weighted by Crippen LogP contribution is 2.14.